The highest BCUT2D eigenvalue weighted by molar-refractivity contribution is 7.12. The first-order chi connectivity index (χ1) is 13.8. The van der Waals surface area contributed by atoms with Crippen LogP contribution in [0, 0.1) is 0 Å². The average molecular weight is 390 g/mol. The minimum Gasteiger partial charge on any atom is -0.354 e. The highest BCUT2D eigenvalue weighted by Gasteiger charge is 2.08. The van der Waals surface area contributed by atoms with Gasteiger partial charge in [-0.05, 0) is 42.1 Å². The van der Waals surface area contributed by atoms with Crippen LogP contribution in [0.5, 0.6) is 0 Å². The number of amides is 1. The van der Waals surface area contributed by atoms with Crippen LogP contribution in [0.15, 0.2) is 65.0 Å². The lowest BCUT2D eigenvalue weighted by Gasteiger charge is -2.05. The molecule has 0 radical (unpaired) electrons. The van der Waals surface area contributed by atoms with Crippen molar-refractivity contribution in [2.45, 2.75) is 26.3 Å². The van der Waals surface area contributed by atoms with Crippen molar-refractivity contribution in [2.24, 2.45) is 4.99 Å². The second kappa shape index (κ2) is 8.50. The van der Waals surface area contributed by atoms with Gasteiger partial charge in [0.25, 0.3) is 5.91 Å². The Morgan fingerprint density at radius 3 is 2.79 bits per heavy atom. The first kappa shape index (κ1) is 18.6. The third-order valence-electron chi connectivity index (χ3n) is 4.80. The minimum atomic E-state index is -0.203. The molecule has 0 saturated heterocycles. The zero-order valence-electron chi connectivity index (χ0n) is 15.9. The summed E-state index contributed by atoms with van der Waals surface area (Å²) in [7, 11) is 0. The zero-order valence-corrected chi connectivity index (χ0v) is 16.7. The summed E-state index contributed by atoms with van der Waals surface area (Å²) in [6, 6.07) is 17.9. The normalized spacial score (nSPS) is 12.1. The number of carbonyl (C=O) groups is 1. The van der Waals surface area contributed by atoms with E-state index >= 15 is 0 Å². The Kier molecular flexibility index (Phi) is 5.65. The highest BCUT2D eigenvalue weighted by Crippen LogP contribution is 2.26. The first-order valence-corrected chi connectivity index (χ1v) is 10.5. The number of H-pyrrole nitrogens is 1. The van der Waals surface area contributed by atoms with Crippen molar-refractivity contribution in [3.05, 3.63) is 75.8 Å². The molecule has 0 unspecified atom stereocenters. The minimum absolute atomic E-state index is 0.203. The van der Waals surface area contributed by atoms with Gasteiger partial charge in [0, 0.05) is 22.8 Å². The van der Waals surface area contributed by atoms with Gasteiger partial charge in [0.15, 0.2) is 0 Å². The van der Waals surface area contributed by atoms with E-state index in [1.807, 2.05) is 29.6 Å². The molecule has 2 aromatic heterocycles. The monoisotopic (exact) mass is 389 g/mol. The van der Waals surface area contributed by atoms with Gasteiger partial charge in [-0.2, -0.15) is 0 Å². The molecule has 0 atom stereocenters. The average Bonchev–Trinajstić information content (AvgIpc) is 3.30. The topological polar surface area (TPSA) is 57.2 Å². The molecule has 0 aliphatic carbocycles. The highest BCUT2D eigenvalue weighted by atomic mass is 32.1. The lowest BCUT2D eigenvalue weighted by atomic mass is 10.1. The van der Waals surface area contributed by atoms with E-state index in [0.717, 1.165) is 29.5 Å². The number of aromatic nitrogens is 1. The van der Waals surface area contributed by atoms with E-state index in [9.17, 15) is 4.79 Å². The molecule has 4 nitrogen and oxygen atoms in total. The molecule has 0 aliphatic heterocycles. The maximum Gasteiger partial charge on any atom is 0.287 e. The molecule has 0 aliphatic rings. The van der Waals surface area contributed by atoms with Gasteiger partial charge in [0.2, 0.25) is 0 Å². The molecule has 5 heteroatoms. The van der Waals surface area contributed by atoms with Crippen LogP contribution in [0.4, 0.5) is 0 Å². The van der Waals surface area contributed by atoms with Crippen molar-refractivity contribution in [3.63, 3.8) is 0 Å². The number of aromatic amines is 1. The standard InChI is InChI=1S/C23H23N3OS/c1-2-3-12-24-15-16-7-4-10-19-18-9-5-8-17(14-20(18)26-22(16)19)25-23(27)21-11-6-13-28-21/h4-11,13-14,24,26H,2-3,12,15H2,1H3. The van der Waals surface area contributed by atoms with E-state index in [-0.39, 0.29) is 5.91 Å². The molecular weight excluding hydrogens is 366 g/mol. The molecule has 28 heavy (non-hydrogen) atoms. The van der Waals surface area contributed by atoms with Crippen LogP contribution in [0.1, 0.15) is 35.0 Å². The Bertz CT molecular complexity index is 1180. The zero-order chi connectivity index (χ0) is 19.3. The Hall–Kier alpha value is -2.76. The quantitative estimate of drug-likeness (QED) is 0.455. The third-order valence-corrected chi connectivity index (χ3v) is 5.66. The van der Waals surface area contributed by atoms with Crippen molar-refractivity contribution in [3.8, 4) is 0 Å². The number of fused-ring (bicyclic) bond motifs is 3. The van der Waals surface area contributed by atoms with Crippen LogP contribution in [0.2, 0.25) is 0 Å². The molecule has 0 spiro atoms. The molecular formula is C23H23N3OS. The largest absolute Gasteiger partial charge is 0.354 e. The molecule has 0 saturated carbocycles. The summed E-state index contributed by atoms with van der Waals surface area (Å²) in [4.78, 5) is 20.8. The van der Waals surface area contributed by atoms with Crippen molar-refractivity contribution >= 4 is 39.0 Å². The Labute approximate surface area is 168 Å². The van der Waals surface area contributed by atoms with Gasteiger partial charge in [-0.1, -0.05) is 49.7 Å². The number of nitrogens with one attached hydrogen (secondary N) is 2. The number of hydrogen-bond acceptors (Lipinski definition) is 3. The molecule has 2 N–H and O–H groups in total. The van der Waals surface area contributed by atoms with Crippen molar-refractivity contribution in [2.75, 3.05) is 6.54 Å². The lowest BCUT2D eigenvalue weighted by Crippen LogP contribution is -2.14. The van der Waals surface area contributed by atoms with Crippen LogP contribution in [-0.2, 0) is 6.54 Å². The third kappa shape index (κ3) is 3.91. The maximum absolute atomic E-state index is 12.3. The van der Waals surface area contributed by atoms with Gasteiger partial charge >= 0.3 is 0 Å². The van der Waals surface area contributed by atoms with Crippen molar-refractivity contribution < 1.29 is 4.79 Å². The molecule has 0 fully saturated rings. The molecule has 2 aromatic carbocycles. The summed E-state index contributed by atoms with van der Waals surface area (Å²) in [6.45, 7) is 4.06. The van der Waals surface area contributed by atoms with Gasteiger partial charge in [-0.15, -0.1) is 11.3 Å². The van der Waals surface area contributed by atoms with Crippen molar-refractivity contribution in [1.29, 1.82) is 0 Å². The molecule has 142 valence electrons. The number of carbonyl (C=O) groups excluding carboxylic acids is 1. The Morgan fingerprint density at radius 1 is 1.11 bits per heavy atom. The van der Waals surface area contributed by atoms with E-state index < -0.39 is 0 Å². The number of hydrogen-bond donors (Lipinski definition) is 2. The summed E-state index contributed by atoms with van der Waals surface area (Å²) in [5, 5.41) is 8.39. The van der Waals surface area contributed by atoms with Gasteiger partial charge in [-0.25, -0.2) is 4.99 Å². The molecule has 2 heterocycles. The van der Waals surface area contributed by atoms with Crippen LogP contribution in [-0.4, -0.2) is 17.4 Å². The van der Waals surface area contributed by atoms with Gasteiger partial charge in [-0.3, -0.25) is 4.79 Å². The predicted octanol–water partition coefficient (Wildman–Crippen LogP) is 5.01. The van der Waals surface area contributed by atoms with E-state index in [0.29, 0.717) is 10.2 Å². The summed E-state index contributed by atoms with van der Waals surface area (Å²) >= 11 is 1.41. The SMILES string of the molecule is CCCCNCc1cccc2c1[nH]c1cc(=NC(=O)c3cccs3)cccc12. The van der Waals surface area contributed by atoms with E-state index in [1.54, 1.807) is 6.07 Å². The summed E-state index contributed by atoms with van der Waals surface area (Å²) in [5.41, 5.74) is 3.38. The lowest BCUT2D eigenvalue weighted by molar-refractivity contribution is 0.100. The second-order valence-corrected chi connectivity index (χ2v) is 7.76. The summed E-state index contributed by atoms with van der Waals surface area (Å²) < 4.78 is 0. The van der Waals surface area contributed by atoms with Crippen LogP contribution < -0.4 is 10.7 Å². The van der Waals surface area contributed by atoms with Gasteiger partial charge in [0.05, 0.1) is 15.8 Å². The van der Waals surface area contributed by atoms with E-state index in [1.165, 1.54) is 35.1 Å². The number of nitrogens with zero attached hydrogens (tertiary/aromatic N) is 1. The molecule has 4 aromatic rings. The second-order valence-electron chi connectivity index (χ2n) is 6.81. The van der Waals surface area contributed by atoms with E-state index in [4.69, 9.17) is 0 Å². The summed E-state index contributed by atoms with van der Waals surface area (Å²) in [5.74, 6) is -0.203. The molecule has 1 amide bonds. The number of thiophene rings is 1. The first-order valence-electron chi connectivity index (χ1n) is 9.63. The van der Waals surface area contributed by atoms with E-state index in [2.05, 4.69) is 46.5 Å². The summed E-state index contributed by atoms with van der Waals surface area (Å²) in [6.07, 6.45) is 2.37. The fourth-order valence-corrected chi connectivity index (χ4v) is 3.97. The fraction of sp³-hybridized carbons (Fsp3) is 0.217. The number of para-hydroxylation sites is 1. The Morgan fingerprint density at radius 2 is 1.96 bits per heavy atom. The van der Waals surface area contributed by atoms with Crippen LogP contribution in [0.3, 0.4) is 0 Å². The maximum atomic E-state index is 12.3. The smallest absolute Gasteiger partial charge is 0.287 e. The van der Waals surface area contributed by atoms with Crippen LogP contribution in [0.25, 0.3) is 21.8 Å². The Balaban J connectivity index is 1.75. The van der Waals surface area contributed by atoms with Gasteiger partial charge < -0.3 is 10.3 Å². The number of rotatable bonds is 6. The number of unbranched alkanes of at least 4 members (excludes halogenated alkanes) is 1. The van der Waals surface area contributed by atoms with Gasteiger partial charge in [0.1, 0.15) is 0 Å². The number of benzene rings is 1. The van der Waals surface area contributed by atoms with Crippen molar-refractivity contribution in [1.82, 2.24) is 10.3 Å². The fourth-order valence-electron chi connectivity index (χ4n) is 3.37. The molecule has 4 rings (SSSR count). The predicted molar refractivity (Wildman–Crippen MR) is 117 cm³/mol. The molecule has 0 bridgehead atoms. The van der Waals surface area contributed by atoms with Crippen LogP contribution >= 0.6 is 11.3 Å².